The van der Waals surface area contributed by atoms with E-state index in [1.807, 2.05) is 19.9 Å². The van der Waals surface area contributed by atoms with Gasteiger partial charge in [-0.3, -0.25) is 0 Å². The van der Waals surface area contributed by atoms with Gasteiger partial charge in [0.2, 0.25) is 0 Å². The molecule has 0 saturated carbocycles. The fourth-order valence-corrected chi connectivity index (χ4v) is 2.90. The number of hydrogen-bond acceptors (Lipinski definition) is 1. The number of benzene rings is 2. The molecule has 0 aliphatic carbocycles. The van der Waals surface area contributed by atoms with Crippen molar-refractivity contribution in [2.75, 3.05) is 5.32 Å². The van der Waals surface area contributed by atoms with E-state index in [-0.39, 0.29) is 6.04 Å². The predicted octanol–water partition coefficient (Wildman–Crippen LogP) is 5.03. The summed E-state index contributed by atoms with van der Waals surface area (Å²) in [6, 6.07) is 9.59. The molecule has 1 unspecified atom stereocenters. The van der Waals surface area contributed by atoms with Crippen molar-refractivity contribution < 1.29 is 13.2 Å². The lowest BCUT2D eigenvalue weighted by Gasteiger charge is -2.15. The van der Waals surface area contributed by atoms with Crippen molar-refractivity contribution in [1.82, 2.24) is 0 Å². The van der Waals surface area contributed by atoms with Crippen LogP contribution in [0, 0.1) is 13.8 Å². The van der Waals surface area contributed by atoms with Gasteiger partial charge in [0, 0.05) is 5.69 Å². The lowest BCUT2D eigenvalue weighted by molar-refractivity contribution is -0.137. The molecule has 21 heavy (non-hydrogen) atoms. The van der Waals surface area contributed by atoms with Crippen molar-refractivity contribution in [3.8, 4) is 0 Å². The van der Waals surface area contributed by atoms with Crippen molar-refractivity contribution in [2.24, 2.45) is 0 Å². The van der Waals surface area contributed by atoms with E-state index in [9.17, 15) is 13.2 Å². The summed E-state index contributed by atoms with van der Waals surface area (Å²) in [7, 11) is 0. The monoisotopic (exact) mass is 291 g/mol. The van der Waals surface area contributed by atoms with Gasteiger partial charge in [-0.15, -0.1) is 0 Å². The predicted molar refractivity (Wildman–Crippen MR) is 77.4 cm³/mol. The molecule has 1 atom stereocenters. The van der Waals surface area contributed by atoms with Gasteiger partial charge in [0.05, 0.1) is 11.6 Å². The Hall–Kier alpha value is -1.97. The number of aryl methyl sites for hydroxylation is 2. The second-order valence-electron chi connectivity index (χ2n) is 5.58. The summed E-state index contributed by atoms with van der Waals surface area (Å²) in [5, 5.41) is 3.37. The van der Waals surface area contributed by atoms with Crippen LogP contribution in [0.3, 0.4) is 0 Å². The highest BCUT2D eigenvalue weighted by molar-refractivity contribution is 5.65. The van der Waals surface area contributed by atoms with E-state index in [4.69, 9.17) is 0 Å². The minimum absolute atomic E-state index is 0.0953. The molecule has 1 heterocycles. The van der Waals surface area contributed by atoms with E-state index in [0.29, 0.717) is 5.56 Å². The van der Waals surface area contributed by atoms with Crippen molar-refractivity contribution >= 4 is 5.69 Å². The first-order chi connectivity index (χ1) is 9.86. The zero-order chi connectivity index (χ0) is 15.2. The second kappa shape index (κ2) is 4.79. The fourth-order valence-electron chi connectivity index (χ4n) is 2.90. The zero-order valence-corrected chi connectivity index (χ0v) is 11.9. The van der Waals surface area contributed by atoms with E-state index < -0.39 is 11.7 Å². The summed E-state index contributed by atoms with van der Waals surface area (Å²) < 4.78 is 38.5. The molecule has 0 radical (unpaired) electrons. The molecule has 2 aromatic carbocycles. The van der Waals surface area contributed by atoms with Crippen molar-refractivity contribution in [1.29, 1.82) is 0 Å². The highest BCUT2D eigenvalue weighted by Crippen LogP contribution is 2.39. The molecule has 0 bridgehead atoms. The van der Waals surface area contributed by atoms with Crippen molar-refractivity contribution in [3.05, 3.63) is 64.2 Å². The summed E-state index contributed by atoms with van der Waals surface area (Å²) >= 11 is 0. The first-order valence-corrected chi connectivity index (χ1v) is 6.89. The fraction of sp³-hybridized carbons (Fsp3) is 0.294. The van der Waals surface area contributed by atoms with Gasteiger partial charge in [-0.25, -0.2) is 0 Å². The number of fused-ring (bicyclic) bond motifs is 1. The Morgan fingerprint density at radius 1 is 1.05 bits per heavy atom. The normalized spacial score (nSPS) is 17.5. The molecule has 110 valence electrons. The summed E-state index contributed by atoms with van der Waals surface area (Å²) in [5.74, 6) is 0. The van der Waals surface area contributed by atoms with Crippen LogP contribution >= 0.6 is 0 Å². The van der Waals surface area contributed by atoms with Crippen LogP contribution in [0.4, 0.5) is 18.9 Å². The number of nitrogens with one attached hydrogen (secondary N) is 1. The first kappa shape index (κ1) is 14.0. The molecule has 1 N–H and O–H groups in total. The maximum Gasteiger partial charge on any atom is 0.416 e. The average Bonchev–Trinajstić information content (AvgIpc) is 2.89. The highest BCUT2D eigenvalue weighted by Gasteiger charge is 2.32. The number of rotatable bonds is 1. The topological polar surface area (TPSA) is 12.0 Å². The van der Waals surface area contributed by atoms with Gasteiger partial charge in [-0.2, -0.15) is 13.2 Å². The smallest absolute Gasteiger partial charge is 0.377 e. The molecular weight excluding hydrogens is 275 g/mol. The van der Waals surface area contributed by atoms with Gasteiger partial charge in [0.15, 0.2) is 0 Å². The van der Waals surface area contributed by atoms with Gasteiger partial charge >= 0.3 is 6.18 Å². The molecule has 0 spiro atoms. The van der Waals surface area contributed by atoms with Crippen LogP contribution in [-0.2, 0) is 12.6 Å². The van der Waals surface area contributed by atoms with Crippen LogP contribution in [0.1, 0.15) is 33.9 Å². The Morgan fingerprint density at radius 2 is 1.76 bits per heavy atom. The Morgan fingerprint density at radius 3 is 2.43 bits per heavy atom. The second-order valence-corrected chi connectivity index (χ2v) is 5.58. The van der Waals surface area contributed by atoms with Crippen LogP contribution < -0.4 is 5.32 Å². The third-order valence-corrected chi connectivity index (χ3v) is 4.10. The molecule has 2 aromatic rings. The van der Waals surface area contributed by atoms with Crippen LogP contribution in [0.5, 0.6) is 0 Å². The van der Waals surface area contributed by atoms with Gasteiger partial charge in [0.25, 0.3) is 0 Å². The largest absolute Gasteiger partial charge is 0.416 e. The molecule has 0 amide bonds. The number of anilines is 1. The number of hydrogen-bond donors (Lipinski definition) is 1. The lowest BCUT2D eigenvalue weighted by Crippen LogP contribution is -2.10. The lowest BCUT2D eigenvalue weighted by atomic mass is 9.97. The third-order valence-electron chi connectivity index (χ3n) is 4.10. The van der Waals surface area contributed by atoms with Crippen molar-refractivity contribution in [2.45, 2.75) is 32.5 Å². The maximum absolute atomic E-state index is 12.8. The summed E-state index contributed by atoms with van der Waals surface area (Å²) in [5.41, 5.74) is 4.67. The van der Waals surface area contributed by atoms with Crippen LogP contribution in [0.2, 0.25) is 0 Å². The molecule has 4 heteroatoms. The molecule has 0 fully saturated rings. The Balaban J connectivity index is 1.95. The summed E-state index contributed by atoms with van der Waals surface area (Å²) in [4.78, 5) is 0. The molecule has 1 aliphatic heterocycles. The molecule has 1 nitrogen and oxygen atoms in total. The zero-order valence-electron chi connectivity index (χ0n) is 11.9. The van der Waals surface area contributed by atoms with Crippen molar-refractivity contribution in [3.63, 3.8) is 0 Å². The minimum atomic E-state index is -4.30. The third kappa shape index (κ3) is 2.50. The standard InChI is InChI=1S/C17H16F3N/c1-10-6-7-11(2)16-14(10)9-15(21-16)12-4-3-5-13(8-12)17(18,19)20/h3-8,15,21H,9H2,1-2H3. The Labute approximate surface area is 121 Å². The van der Waals surface area contributed by atoms with Gasteiger partial charge in [-0.05, 0) is 54.7 Å². The molecular formula is C17H16F3N. The van der Waals surface area contributed by atoms with Gasteiger partial charge < -0.3 is 5.32 Å². The molecule has 1 aliphatic rings. The number of alkyl halides is 3. The first-order valence-electron chi connectivity index (χ1n) is 6.89. The highest BCUT2D eigenvalue weighted by atomic mass is 19.4. The van der Waals surface area contributed by atoms with Gasteiger partial charge in [-0.1, -0.05) is 24.3 Å². The Bertz CT molecular complexity index is 658. The van der Waals surface area contributed by atoms with Crippen LogP contribution in [-0.4, -0.2) is 0 Å². The van der Waals surface area contributed by atoms with E-state index in [2.05, 4.69) is 11.4 Å². The Kier molecular flexibility index (Phi) is 3.19. The minimum Gasteiger partial charge on any atom is -0.377 e. The van der Waals surface area contributed by atoms with E-state index in [0.717, 1.165) is 23.7 Å². The summed E-state index contributed by atoms with van der Waals surface area (Å²) in [6.07, 6.45) is -3.57. The van der Waals surface area contributed by atoms with Crippen LogP contribution in [0.15, 0.2) is 36.4 Å². The van der Waals surface area contributed by atoms with E-state index in [1.54, 1.807) is 6.07 Å². The van der Waals surface area contributed by atoms with Crippen LogP contribution in [0.25, 0.3) is 0 Å². The van der Waals surface area contributed by atoms with E-state index in [1.165, 1.54) is 23.3 Å². The molecule has 0 aromatic heterocycles. The maximum atomic E-state index is 12.8. The number of halogens is 3. The summed E-state index contributed by atoms with van der Waals surface area (Å²) in [6.45, 7) is 4.05. The van der Waals surface area contributed by atoms with E-state index >= 15 is 0 Å². The SMILES string of the molecule is Cc1ccc(C)c2c1CC(c1cccc(C(F)(F)F)c1)N2. The quantitative estimate of drug-likeness (QED) is 0.777. The molecule has 0 saturated heterocycles. The molecule has 3 rings (SSSR count). The average molecular weight is 291 g/mol. The van der Waals surface area contributed by atoms with Gasteiger partial charge in [0.1, 0.15) is 0 Å².